The van der Waals surface area contributed by atoms with Crippen LogP contribution >= 0.6 is 0 Å². The summed E-state index contributed by atoms with van der Waals surface area (Å²) in [5.41, 5.74) is 6.17. The number of aliphatic hydroxyl groups is 2. The van der Waals surface area contributed by atoms with Crippen LogP contribution in [0.25, 0.3) is 0 Å². The zero-order valence-electron chi connectivity index (χ0n) is 10.8. The molecule has 0 bridgehead atoms. The van der Waals surface area contributed by atoms with Crippen molar-refractivity contribution in [3.05, 3.63) is 17.7 Å². The number of benzene rings is 1. The quantitative estimate of drug-likeness (QED) is 0.512. The summed E-state index contributed by atoms with van der Waals surface area (Å²) in [6.45, 7) is -0.508. The van der Waals surface area contributed by atoms with Crippen molar-refractivity contribution >= 4 is 11.6 Å². The van der Waals surface area contributed by atoms with Crippen LogP contribution in [-0.4, -0.2) is 49.6 Å². The first kappa shape index (κ1) is 15.1. The van der Waals surface area contributed by atoms with Crippen molar-refractivity contribution in [3.8, 4) is 11.5 Å². The molecule has 0 heterocycles. The summed E-state index contributed by atoms with van der Waals surface area (Å²) in [5, 5.41) is 20.3. The molecule has 19 heavy (non-hydrogen) atoms. The summed E-state index contributed by atoms with van der Waals surface area (Å²) in [6.07, 6.45) is -1.02. The second kappa shape index (κ2) is 6.81. The highest BCUT2D eigenvalue weighted by molar-refractivity contribution is 6.00. The van der Waals surface area contributed by atoms with Gasteiger partial charge in [-0.3, -0.25) is 4.79 Å². The molecule has 0 aliphatic heterocycles. The first-order valence-corrected chi connectivity index (χ1v) is 5.62. The van der Waals surface area contributed by atoms with E-state index in [2.05, 4.69) is 5.32 Å². The minimum atomic E-state index is -1.02. The number of carbonyl (C=O) groups is 1. The number of anilines is 1. The van der Waals surface area contributed by atoms with E-state index in [-0.39, 0.29) is 17.8 Å². The van der Waals surface area contributed by atoms with Gasteiger partial charge in [-0.15, -0.1) is 0 Å². The number of ether oxygens (including phenoxy) is 2. The SMILES string of the molecule is COc1cc(OC)c(N)c(C(=O)NCC(O)CO)c1. The van der Waals surface area contributed by atoms with E-state index in [4.69, 9.17) is 20.3 Å². The Morgan fingerprint density at radius 1 is 1.42 bits per heavy atom. The molecule has 0 saturated carbocycles. The number of nitrogens with one attached hydrogen (secondary N) is 1. The highest BCUT2D eigenvalue weighted by atomic mass is 16.5. The summed E-state index contributed by atoms with van der Waals surface area (Å²) in [6, 6.07) is 3.03. The topological polar surface area (TPSA) is 114 Å². The number of methoxy groups -OCH3 is 2. The number of nitrogen functional groups attached to an aromatic ring is 1. The molecule has 1 aromatic carbocycles. The van der Waals surface area contributed by atoms with Crippen molar-refractivity contribution in [2.45, 2.75) is 6.10 Å². The second-order valence-corrected chi connectivity index (χ2v) is 3.84. The lowest BCUT2D eigenvalue weighted by molar-refractivity contribution is 0.0802. The van der Waals surface area contributed by atoms with Crippen LogP contribution in [0.15, 0.2) is 12.1 Å². The molecule has 1 aromatic rings. The van der Waals surface area contributed by atoms with E-state index in [1.165, 1.54) is 20.3 Å². The summed E-state index contributed by atoms with van der Waals surface area (Å²) >= 11 is 0. The fraction of sp³-hybridized carbons (Fsp3) is 0.417. The van der Waals surface area contributed by atoms with Crippen molar-refractivity contribution in [2.24, 2.45) is 0 Å². The molecule has 0 aliphatic rings. The first-order chi connectivity index (χ1) is 9.03. The number of carbonyl (C=O) groups excluding carboxylic acids is 1. The standard InChI is InChI=1S/C12H18N2O5/c1-18-8-3-9(11(13)10(4-8)19-2)12(17)14-5-7(16)6-15/h3-4,7,15-16H,5-6,13H2,1-2H3,(H,14,17). The number of rotatable bonds is 6. The zero-order chi connectivity index (χ0) is 14.4. The van der Waals surface area contributed by atoms with Crippen LogP contribution in [0.3, 0.4) is 0 Å². The van der Waals surface area contributed by atoms with Crippen LogP contribution in [0.1, 0.15) is 10.4 Å². The number of nitrogens with two attached hydrogens (primary N) is 1. The Hall–Kier alpha value is -1.99. The van der Waals surface area contributed by atoms with Gasteiger partial charge in [0.15, 0.2) is 0 Å². The lowest BCUT2D eigenvalue weighted by atomic mass is 10.1. The molecule has 106 valence electrons. The van der Waals surface area contributed by atoms with Crippen LogP contribution in [0.5, 0.6) is 11.5 Å². The molecule has 1 unspecified atom stereocenters. The number of hydrogen-bond donors (Lipinski definition) is 4. The van der Waals surface area contributed by atoms with E-state index in [9.17, 15) is 9.90 Å². The highest BCUT2D eigenvalue weighted by Crippen LogP contribution is 2.30. The molecule has 0 fully saturated rings. The summed E-state index contributed by atoms with van der Waals surface area (Å²) in [7, 11) is 2.89. The van der Waals surface area contributed by atoms with Crippen molar-refractivity contribution in [1.82, 2.24) is 5.32 Å². The molecule has 1 amide bonds. The van der Waals surface area contributed by atoms with Gasteiger partial charge in [-0.2, -0.15) is 0 Å². The van der Waals surface area contributed by atoms with Gasteiger partial charge in [0.25, 0.3) is 5.91 Å². The second-order valence-electron chi connectivity index (χ2n) is 3.84. The molecule has 0 saturated heterocycles. The molecule has 1 atom stereocenters. The Morgan fingerprint density at radius 2 is 2.11 bits per heavy atom. The molecule has 1 rings (SSSR count). The van der Waals surface area contributed by atoms with Gasteiger partial charge in [-0.05, 0) is 6.07 Å². The van der Waals surface area contributed by atoms with Gasteiger partial charge in [-0.1, -0.05) is 0 Å². The highest BCUT2D eigenvalue weighted by Gasteiger charge is 2.16. The third kappa shape index (κ3) is 3.73. The minimum absolute atomic E-state index is 0.0751. The Morgan fingerprint density at radius 3 is 2.63 bits per heavy atom. The van der Waals surface area contributed by atoms with Gasteiger partial charge in [-0.25, -0.2) is 0 Å². The fourth-order valence-electron chi connectivity index (χ4n) is 1.45. The van der Waals surface area contributed by atoms with E-state index >= 15 is 0 Å². The molecule has 0 aromatic heterocycles. The monoisotopic (exact) mass is 270 g/mol. The lowest BCUT2D eigenvalue weighted by Crippen LogP contribution is -2.34. The Balaban J connectivity index is 2.95. The van der Waals surface area contributed by atoms with Crippen LogP contribution in [0.2, 0.25) is 0 Å². The predicted molar refractivity (Wildman–Crippen MR) is 69.4 cm³/mol. The molecular formula is C12H18N2O5. The van der Waals surface area contributed by atoms with E-state index in [1.54, 1.807) is 6.07 Å². The molecule has 5 N–H and O–H groups in total. The summed E-state index contributed by atoms with van der Waals surface area (Å²) < 4.78 is 10.1. The fourth-order valence-corrected chi connectivity index (χ4v) is 1.45. The molecule has 0 spiro atoms. The average Bonchev–Trinajstić information content (AvgIpc) is 2.44. The number of amides is 1. The van der Waals surface area contributed by atoms with Crippen LogP contribution in [-0.2, 0) is 0 Å². The van der Waals surface area contributed by atoms with E-state index in [1.807, 2.05) is 0 Å². The van der Waals surface area contributed by atoms with Crippen molar-refractivity contribution in [2.75, 3.05) is 33.1 Å². The normalized spacial score (nSPS) is 11.8. The zero-order valence-corrected chi connectivity index (χ0v) is 10.8. The van der Waals surface area contributed by atoms with Gasteiger partial charge >= 0.3 is 0 Å². The average molecular weight is 270 g/mol. The van der Waals surface area contributed by atoms with E-state index in [0.717, 1.165) is 0 Å². The van der Waals surface area contributed by atoms with Gasteiger partial charge in [0, 0.05) is 12.6 Å². The first-order valence-electron chi connectivity index (χ1n) is 5.62. The van der Waals surface area contributed by atoms with Gasteiger partial charge < -0.3 is 30.7 Å². The lowest BCUT2D eigenvalue weighted by Gasteiger charge is -2.14. The maximum absolute atomic E-state index is 11.9. The van der Waals surface area contributed by atoms with Crippen LogP contribution in [0.4, 0.5) is 5.69 Å². The molecule has 0 aliphatic carbocycles. The van der Waals surface area contributed by atoms with Crippen molar-refractivity contribution in [1.29, 1.82) is 0 Å². The van der Waals surface area contributed by atoms with Gasteiger partial charge in [0.1, 0.15) is 11.5 Å². The van der Waals surface area contributed by atoms with Crippen LogP contribution in [0, 0.1) is 0 Å². The third-order valence-corrected chi connectivity index (χ3v) is 2.52. The Labute approximate surface area is 110 Å². The van der Waals surface area contributed by atoms with Gasteiger partial charge in [0.2, 0.25) is 0 Å². The molecule has 7 heteroatoms. The van der Waals surface area contributed by atoms with Crippen molar-refractivity contribution < 1.29 is 24.5 Å². The minimum Gasteiger partial charge on any atom is -0.497 e. The summed E-state index contributed by atoms with van der Waals surface area (Å²) in [4.78, 5) is 11.9. The molecule has 0 radical (unpaired) electrons. The third-order valence-electron chi connectivity index (χ3n) is 2.52. The van der Waals surface area contributed by atoms with Gasteiger partial charge in [0.05, 0.1) is 38.2 Å². The summed E-state index contributed by atoms with van der Waals surface area (Å²) in [5.74, 6) is 0.272. The maximum Gasteiger partial charge on any atom is 0.253 e. The van der Waals surface area contributed by atoms with E-state index < -0.39 is 18.6 Å². The smallest absolute Gasteiger partial charge is 0.253 e. The van der Waals surface area contributed by atoms with Crippen molar-refractivity contribution in [3.63, 3.8) is 0 Å². The molecule has 7 nitrogen and oxygen atoms in total. The largest absolute Gasteiger partial charge is 0.497 e. The Kier molecular flexibility index (Phi) is 5.40. The number of aliphatic hydroxyl groups excluding tert-OH is 2. The Bertz CT molecular complexity index is 450. The van der Waals surface area contributed by atoms with E-state index in [0.29, 0.717) is 11.5 Å². The predicted octanol–water partition coefficient (Wildman–Crippen LogP) is -0.631. The molecular weight excluding hydrogens is 252 g/mol. The van der Waals surface area contributed by atoms with Crippen LogP contribution < -0.4 is 20.5 Å². The maximum atomic E-state index is 11.9. The number of hydrogen-bond acceptors (Lipinski definition) is 6.